The molecule has 0 aliphatic carbocycles. The smallest absolute Gasteiger partial charge is 0.0544 e. The van der Waals surface area contributed by atoms with E-state index >= 15 is 0 Å². The quantitative estimate of drug-likeness (QED) is 0.189. The lowest BCUT2D eigenvalue weighted by Gasteiger charge is -2.03. The Morgan fingerprint density at radius 3 is 1.91 bits per heavy atom. The van der Waals surface area contributed by atoms with Gasteiger partial charge in [-0.15, -0.1) is 22.7 Å². The molecule has 44 heavy (non-hydrogen) atoms. The highest BCUT2D eigenvalue weighted by atomic mass is 32.1. The zero-order chi connectivity index (χ0) is 28.5. The number of H-pyrrole nitrogens is 2. The number of fused-ring (bicyclic) bond motifs is 13. The number of hydrogen-bond acceptors (Lipinski definition) is 2. The summed E-state index contributed by atoms with van der Waals surface area (Å²) < 4.78 is 2.69. The zero-order valence-electron chi connectivity index (χ0n) is 23.4. The van der Waals surface area contributed by atoms with Gasteiger partial charge in [0.25, 0.3) is 0 Å². The van der Waals surface area contributed by atoms with Crippen LogP contribution < -0.4 is 0 Å². The van der Waals surface area contributed by atoms with Crippen molar-refractivity contribution in [2.75, 3.05) is 0 Å². The third kappa shape index (κ3) is 3.14. The Morgan fingerprint density at radius 1 is 0.409 bits per heavy atom. The number of benzene rings is 7. The molecule has 0 fully saturated rings. The van der Waals surface area contributed by atoms with Crippen LogP contribution in [0.2, 0.25) is 0 Å². The third-order valence-corrected chi connectivity index (χ3v) is 11.6. The molecule has 0 bridgehead atoms. The lowest BCUT2D eigenvalue weighted by molar-refractivity contribution is 1.56. The molecule has 0 amide bonds. The van der Waals surface area contributed by atoms with Crippen LogP contribution in [0.3, 0.4) is 0 Å². The summed E-state index contributed by atoms with van der Waals surface area (Å²) in [6.07, 6.45) is 0. The lowest BCUT2D eigenvalue weighted by atomic mass is 10.0. The van der Waals surface area contributed by atoms with Crippen LogP contribution >= 0.6 is 22.7 Å². The van der Waals surface area contributed by atoms with E-state index in [0.29, 0.717) is 0 Å². The van der Waals surface area contributed by atoms with Crippen molar-refractivity contribution < 1.29 is 0 Å². The van der Waals surface area contributed by atoms with Crippen LogP contribution in [0.4, 0.5) is 0 Å². The fourth-order valence-corrected chi connectivity index (χ4v) is 9.29. The summed E-state index contributed by atoms with van der Waals surface area (Å²) in [5.41, 5.74) is 6.04. The molecule has 7 aromatic carbocycles. The SMILES string of the molecule is c1ccc2c(c1)ccc1c3cc4[nH]c5c6ccc(-c7cc8cc9cc%10sccc%10cc9cc8s7)cc6ccc5c4cc3[nH]c21. The Bertz CT molecular complexity index is 2930. The highest BCUT2D eigenvalue weighted by Crippen LogP contribution is 2.41. The van der Waals surface area contributed by atoms with Crippen LogP contribution in [0.25, 0.3) is 107 Å². The van der Waals surface area contributed by atoms with Crippen molar-refractivity contribution in [2.45, 2.75) is 0 Å². The van der Waals surface area contributed by atoms with E-state index in [1.165, 1.54) is 107 Å². The van der Waals surface area contributed by atoms with E-state index in [4.69, 9.17) is 0 Å². The number of aromatic amines is 2. The Labute approximate surface area is 258 Å². The first-order valence-corrected chi connectivity index (χ1v) is 16.6. The third-order valence-electron chi connectivity index (χ3n) is 9.54. The number of aromatic nitrogens is 2. The van der Waals surface area contributed by atoms with Crippen molar-refractivity contribution in [3.8, 4) is 10.4 Å². The van der Waals surface area contributed by atoms with Gasteiger partial charge in [-0.2, -0.15) is 0 Å². The van der Waals surface area contributed by atoms with Gasteiger partial charge in [-0.05, 0) is 97.9 Å². The summed E-state index contributed by atoms with van der Waals surface area (Å²) in [5, 5.41) is 17.5. The number of rotatable bonds is 1. The Kier molecular flexibility index (Phi) is 4.38. The van der Waals surface area contributed by atoms with Crippen LogP contribution in [0, 0.1) is 0 Å². The second-order valence-electron chi connectivity index (χ2n) is 12.0. The molecule has 4 heterocycles. The fourth-order valence-electron chi connectivity index (χ4n) is 7.38. The van der Waals surface area contributed by atoms with Crippen LogP contribution in [0.5, 0.6) is 0 Å². The average molecular weight is 595 g/mol. The molecule has 0 aliphatic rings. The summed E-state index contributed by atoms with van der Waals surface area (Å²) in [7, 11) is 0. The van der Waals surface area contributed by atoms with E-state index < -0.39 is 0 Å². The summed E-state index contributed by atoms with van der Waals surface area (Å²) >= 11 is 3.70. The molecule has 4 aromatic heterocycles. The van der Waals surface area contributed by atoms with Gasteiger partial charge in [0.05, 0.1) is 11.0 Å². The van der Waals surface area contributed by atoms with Gasteiger partial charge in [0.2, 0.25) is 0 Å². The molecule has 0 spiro atoms. The Balaban J connectivity index is 1.06. The molecule has 0 atom stereocenters. The molecule has 11 aromatic rings. The first-order valence-electron chi connectivity index (χ1n) is 14.9. The molecule has 11 rings (SSSR count). The van der Waals surface area contributed by atoms with E-state index in [1.54, 1.807) is 0 Å². The maximum absolute atomic E-state index is 3.80. The highest BCUT2D eigenvalue weighted by Gasteiger charge is 2.14. The molecule has 0 saturated carbocycles. The van der Waals surface area contributed by atoms with Gasteiger partial charge >= 0.3 is 0 Å². The molecule has 2 nitrogen and oxygen atoms in total. The fraction of sp³-hybridized carbons (Fsp3) is 0. The van der Waals surface area contributed by atoms with E-state index in [0.717, 1.165) is 0 Å². The number of thiophene rings is 2. The predicted molar refractivity (Wildman–Crippen MR) is 194 cm³/mol. The largest absolute Gasteiger partial charge is 0.354 e. The van der Waals surface area contributed by atoms with Gasteiger partial charge in [0, 0.05) is 57.6 Å². The maximum Gasteiger partial charge on any atom is 0.0544 e. The first kappa shape index (κ1) is 23.3. The van der Waals surface area contributed by atoms with Gasteiger partial charge in [0.1, 0.15) is 0 Å². The standard InChI is InChI=1S/C40H22N2S2/c1-2-4-28-21(3-1)5-9-30-32-19-35-33(20-34(32)41-39(28)30)31-10-6-22-13-23(7-8-29(22)40(31)42-35)37-18-27-15-26-16-36-24(11-12-43-36)14-25(26)17-38(27)44-37/h1-20,41-42H. The average Bonchev–Trinajstić information content (AvgIpc) is 3.84. The van der Waals surface area contributed by atoms with E-state index in [-0.39, 0.29) is 0 Å². The molecule has 4 heteroatoms. The minimum Gasteiger partial charge on any atom is -0.354 e. The van der Waals surface area contributed by atoms with Gasteiger partial charge in [-0.3, -0.25) is 0 Å². The molecular weight excluding hydrogens is 573 g/mol. The summed E-state index contributed by atoms with van der Waals surface area (Å²) in [6, 6.07) is 43.2. The van der Waals surface area contributed by atoms with E-state index in [1.807, 2.05) is 22.7 Å². The molecule has 204 valence electrons. The number of nitrogens with one attached hydrogen (secondary N) is 2. The Hall–Kier alpha value is -5.16. The minimum absolute atomic E-state index is 1.18. The highest BCUT2D eigenvalue weighted by molar-refractivity contribution is 7.22. The first-order chi connectivity index (χ1) is 21.7. The summed E-state index contributed by atoms with van der Waals surface area (Å²) in [6.45, 7) is 0. The van der Waals surface area contributed by atoms with Crippen LogP contribution in [-0.2, 0) is 0 Å². The molecule has 2 N–H and O–H groups in total. The monoisotopic (exact) mass is 594 g/mol. The van der Waals surface area contributed by atoms with Crippen molar-refractivity contribution in [1.29, 1.82) is 0 Å². The maximum atomic E-state index is 3.80. The van der Waals surface area contributed by atoms with Gasteiger partial charge in [0.15, 0.2) is 0 Å². The van der Waals surface area contributed by atoms with E-state index in [2.05, 4.69) is 131 Å². The molecular formula is C40H22N2S2. The van der Waals surface area contributed by atoms with Gasteiger partial charge in [-0.25, -0.2) is 0 Å². The molecule has 0 aliphatic heterocycles. The second kappa shape index (κ2) is 8.26. The van der Waals surface area contributed by atoms with Crippen molar-refractivity contribution in [3.05, 3.63) is 121 Å². The van der Waals surface area contributed by atoms with Gasteiger partial charge in [-0.1, -0.05) is 60.7 Å². The topological polar surface area (TPSA) is 31.6 Å². The predicted octanol–water partition coefficient (Wildman–Crippen LogP) is 12.5. The minimum atomic E-state index is 1.18. The van der Waals surface area contributed by atoms with Gasteiger partial charge < -0.3 is 9.97 Å². The van der Waals surface area contributed by atoms with Crippen LogP contribution in [-0.4, -0.2) is 9.97 Å². The molecule has 0 saturated heterocycles. The number of hydrogen-bond donors (Lipinski definition) is 2. The molecule has 0 unspecified atom stereocenters. The zero-order valence-corrected chi connectivity index (χ0v) is 25.0. The van der Waals surface area contributed by atoms with Crippen LogP contribution in [0.1, 0.15) is 0 Å². The Morgan fingerprint density at radius 2 is 1.09 bits per heavy atom. The van der Waals surface area contributed by atoms with E-state index in [9.17, 15) is 0 Å². The lowest BCUT2D eigenvalue weighted by Crippen LogP contribution is -1.78. The normalized spacial score (nSPS) is 12.5. The summed E-state index contributed by atoms with van der Waals surface area (Å²) in [5.74, 6) is 0. The van der Waals surface area contributed by atoms with Crippen molar-refractivity contribution >= 4 is 119 Å². The van der Waals surface area contributed by atoms with Crippen molar-refractivity contribution in [3.63, 3.8) is 0 Å². The van der Waals surface area contributed by atoms with Crippen molar-refractivity contribution in [1.82, 2.24) is 9.97 Å². The van der Waals surface area contributed by atoms with Crippen LogP contribution in [0.15, 0.2) is 121 Å². The second-order valence-corrected chi connectivity index (χ2v) is 14.0. The molecule has 0 radical (unpaired) electrons. The van der Waals surface area contributed by atoms with Crippen molar-refractivity contribution in [2.24, 2.45) is 0 Å². The summed E-state index contributed by atoms with van der Waals surface area (Å²) in [4.78, 5) is 8.86.